The van der Waals surface area contributed by atoms with Gasteiger partial charge in [-0.05, 0) is 39.7 Å². The molecule has 1 fully saturated rings. The first-order valence-electron chi connectivity index (χ1n) is 7.07. The van der Waals surface area contributed by atoms with Gasteiger partial charge in [-0.2, -0.15) is 0 Å². The number of likely N-dealkylation sites (tertiary alicyclic amines) is 1. The summed E-state index contributed by atoms with van der Waals surface area (Å²) in [6.07, 6.45) is 4.51. The third-order valence-electron chi connectivity index (χ3n) is 3.54. The van der Waals surface area contributed by atoms with Crippen LogP contribution in [-0.4, -0.2) is 47.3 Å². The average molecular weight is 257 g/mol. The minimum atomic E-state index is -0.692. The van der Waals surface area contributed by atoms with Crippen LogP contribution in [0.1, 0.15) is 52.9 Å². The second kappa shape index (κ2) is 7.10. The van der Waals surface area contributed by atoms with E-state index >= 15 is 0 Å². The first kappa shape index (κ1) is 15.4. The molecule has 1 atom stereocenters. The summed E-state index contributed by atoms with van der Waals surface area (Å²) in [4.78, 5) is 13.7. The molecule has 0 aromatic carbocycles. The molecule has 1 rings (SSSR count). The van der Waals surface area contributed by atoms with Crippen molar-refractivity contribution in [3.63, 3.8) is 0 Å². The Kier molecular flexibility index (Phi) is 6.09. The Bertz CT molecular complexity index is 260. The molecule has 0 aromatic rings. The second-order valence-corrected chi connectivity index (χ2v) is 5.67. The number of rotatable bonds is 7. The number of esters is 1. The largest absolute Gasteiger partial charge is 0.466 e. The Hall–Kier alpha value is -0.610. The van der Waals surface area contributed by atoms with Gasteiger partial charge in [-0.1, -0.05) is 13.3 Å². The molecule has 1 aliphatic rings. The number of unbranched alkanes of at least 4 members (excludes halogenated alkanes) is 1. The standard InChI is InChI=1S/C14H27NO3/c1-4-5-11-18-13(16)8-10-15-9-6-7-12(15)14(2,3)17/h12,17H,4-11H2,1-3H3. The van der Waals surface area contributed by atoms with Gasteiger partial charge in [0.25, 0.3) is 0 Å². The summed E-state index contributed by atoms with van der Waals surface area (Å²) < 4.78 is 5.13. The number of carbonyl (C=O) groups is 1. The van der Waals surface area contributed by atoms with Crippen LogP contribution in [0, 0.1) is 0 Å². The van der Waals surface area contributed by atoms with Crippen LogP contribution in [-0.2, 0) is 9.53 Å². The highest BCUT2D eigenvalue weighted by Gasteiger charge is 2.35. The van der Waals surface area contributed by atoms with Gasteiger partial charge >= 0.3 is 5.97 Å². The lowest BCUT2D eigenvalue weighted by molar-refractivity contribution is -0.144. The van der Waals surface area contributed by atoms with Crippen LogP contribution in [0.3, 0.4) is 0 Å². The topological polar surface area (TPSA) is 49.8 Å². The van der Waals surface area contributed by atoms with Crippen LogP contribution >= 0.6 is 0 Å². The fourth-order valence-electron chi connectivity index (χ4n) is 2.53. The van der Waals surface area contributed by atoms with Gasteiger partial charge in [-0.15, -0.1) is 0 Å². The summed E-state index contributed by atoms with van der Waals surface area (Å²) >= 11 is 0. The molecule has 0 amide bonds. The summed E-state index contributed by atoms with van der Waals surface area (Å²) in [5, 5.41) is 10.1. The lowest BCUT2D eigenvalue weighted by Gasteiger charge is -2.33. The molecule has 106 valence electrons. The van der Waals surface area contributed by atoms with Gasteiger partial charge in [0.05, 0.1) is 18.6 Å². The first-order chi connectivity index (χ1) is 8.45. The summed E-state index contributed by atoms with van der Waals surface area (Å²) in [6, 6.07) is 0.168. The number of hydrogen-bond donors (Lipinski definition) is 1. The first-order valence-corrected chi connectivity index (χ1v) is 7.07. The second-order valence-electron chi connectivity index (χ2n) is 5.67. The maximum absolute atomic E-state index is 11.5. The van der Waals surface area contributed by atoms with Gasteiger partial charge in [-0.3, -0.25) is 9.69 Å². The minimum absolute atomic E-state index is 0.121. The highest BCUT2D eigenvalue weighted by Crippen LogP contribution is 2.26. The quantitative estimate of drug-likeness (QED) is 0.559. The fourth-order valence-corrected chi connectivity index (χ4v) is 2.53. The van der Waals surface area contributed by atoms with E-state index in [1.54, 1.807) is 0 Å². The molecule has 1 N–H and O–H groups in total. The molecule has 18 heavy (non-hydrogen) atoms. The van der Waals surface area contributed by atoms with Crippen molar-refractivity contribution in [1.82, 2.24) is 4.90 Å². The molecule has 1 heterocycles. The summed E-state index contributed by atoms with van der Waals surface area (Å²) in [7, 11) is 0. The van der Waals surface area contributed by atoms with Crippen LogP contribution in [0.25, 0.3) is 0 Å². The number of hydrogen-bond acceptors (Lipinski definition) is 4. The van der Waals surface area contributed by atoms with Crippen LogP contribution in [0.2, 0.25) is 0 Å². The maximum Gasteiger partial charge on any atom is 0.307 e. The molecule has 0 bridgehead atoms. The normalized spacial score (nSPS) is 21.2. The monoisotopic (exact) mass is 257 g/mol. The molecule has 0 radical (unpaired) electrons. The van der Waals surface area contributed by atoms with E-state index in [4.69, 9.17) is 4.74 Å². The molecule has 4 heteroatoms. The number of aliphatic hydroxyl groups is 1. The van der Waals surface area contributed by atoms with Gasteiger partial charge in [0.15, 0.2) is 0 Å². The van der Waals surface area contributed by atoms with Crippen molar-refractivity contribution in [1.29, 1.82) is 0 Å². The van der Waals surface area contributed by atoms with Crippen LogP contribution in [0.5, 0.6) is 0 Å². The summed E-state index contributed by atoms with van der Waals surface area (Å²) in [6.45, 7) is 7.96. The van der Waals surface area contributed by atoms with Crippen molar-refractivity contribution in [2.75, 3.05) is 19.7 Å². The van der Waals surface area contributed by atoms with E-state index < -0.39 is 5.60 Å². The molecule has 0 aliphatic carbocycles. The fraction of sp³-hybridized carbons (Fsp3) is 0.929. The van der Waals surface area contributed by atoms with Gasteiger partial charge in [-0.25, -0.2) is 0 Å². The minimum Gasteiger partial charge on any atom is -0.466 e. The summed E-state index contributed by atoms with van der Waals surface area (Å²) in [5.41, 5.74) is -0.692. The molecule has 1 unspecified atom stereocenters. The van der Waals surface area contributed by atoms with E-state index in [0.717, 1.165) is 32.2 Å². The van der Waals surface area contributed by atoms with Gasteiger partial charge in [0.1, 0.15) is 0 Å². The van der Waals surface area contributed by atoms with Crippen molar-refractivity contribution >= 4 is 5.97 Å². The van der Waals surface area contributed by atoms with Crippen LogP contribution < -0.4 is 0 Å². The zero-order chi connectivity index (χ0) is 13.6. The Morgan fingerprint density at radius 3 is 2.83 bits per heavy atom. The lowest BCUT2D eigenvalue weighted by Crippen LogP contribution is -2.46. The predicted octanol–water partition coefficient (Wildman–Crippen LogP) is 1.96. The third kappa shape index (κ3) is 4.94. The van der Waals surface area contributed by atoms with Gasteiger partial charge in [0, 0.05) is 12.6 Å². The van der Waals surface area contributed by atoms with Crippen molar-refractivity contribution in [2.24, 2.45) is 0 Å². The molecule has 0 spiro atoms. The molecular weight excluding hydrogens is 230 g/mol. The van der Waals surface area contributed by atoms with Crippen molar-refractivity contribution < 1.29 is 14.6 Å². The van der Waals surface area contributed by atoms with E-state index in [1.165, 1.54) is 0 Å². The van der Waals surface area contributed by atoms with Crippen molar-refractivity contribution in [3.05, 3.63) is 0 Å². The number of ether oxygens (including phenoxy) is 1. The van der Waals surface area contributed by atoms with Crippen LogP contribution in [0.4, 0.5) is 0 Å². The predicted molar refractivity (Wildman–Crippen MR) is 71.4 cm³/mol. The van der Waals surface area contributed by atoms with E-state index in [1.807, 2.05) is 13.8 Å². The van der Waals surface area contributed by atoms with E-state index in [-0.39, 0.29) is 12.0 Å². The highest BCUT2D eigenvalue weighted by atomic mass is 16.5. The van der Waals surface area contributed by atoms with Gasteiger partial charge < -0.3 is 9.84 Å². The average Bonchev–Trinajstić information content (AvgIpc) is 2.74. The summed E-state index contributed by atoms with van der Waals surface area (Å²) in [5.74, 6) is -0.121. The van der Waals surface area contributed by atoms with E-state index in [2.05, 4.69) is 11.8 Å². The number of carbonyl (C=O) groups excluding carboxylic acids is 1. The molecule has 1 saturated heterocycles. The Balaban J connectivity index is 2.27. The van der Waals surface area contributed by atoms with E-state index in [0.29, 0.717) is 19.6 Å². The molecule has 1 aliphatic heterocycles. The Morgan fingerprint density at radius 1 is 1.50 bits per heavy atom. The van der Waals surface area contributed by atoms with Crippen molar-refractivity contribution in [2.45, 2.75) is 64.5 Å². The maximum atomic E-state index is 11.5. The zero-order valence-electron chi connectivity index (χ0n) is 11.9. The SMILES string of the molecule is CCCCOC(=O)CCN1CCCC1C(C)(C)O. The van der Waals surface area contributed by atoms with Crippen LogP contribution in [0.15, 0.2) is 0 Å². The molecule has 4 nitrogen and oxygen atoms in total. The third-order valence-corrected chi connectivity index (χ3v) is 3.54. The Morgan fingerprint density at radius 2 is 2.22 bits per heavy atom. The zero-order valence-corrected chi connectivity index (χ0v) is 11.9. The molecule has 0 aromatic heterocycles. The lowest BCUT2D eigenvalue weighted by atomic mass is 9.96. The number of nitrogens with zero attached hydrogens (tertiary/aromatic N) is 1. The molecule has 0 saturated carbocycles. The smallest absolute Gasteiger partial charge is 0.307 e. The Labute approximate surface area is 110 Å². The van der Waals surface area contributed by atoms with Crippen molar-refractivity contribution in [3.8, 4) is 0 Å². The highest BCUT2D eigenvalue weighted by molar-refractivity contribution is 5.69. The molecular formula is C14H27NO3. The van der Waals surface area contributed by atoms with Gasteiger partial charge in [0.2, 0.25) is 0 Å². The van der Waals surface area contributed by atoms with E-state index in [9.17, 15) is 9.90 Å².